The van der Waals surface area contributed by atoms with Gasteiger partial charge in [-0.25, -0.2) is 19.0 Å². The molecule has 0 bridgehead atoms. The van der Waals surface area contributed by atoms with Gasteiger partial charge in [-0.2, -0.15) is 5.26 Å². The van der Waals surface area contributed by atoms with Gasteiger partial charge < -0.3 is 15.2 Å². The van der Waals surface area contributed by atoms with E-state index in [1.807, 2.05) is 18.2 Å². The lowest BCUT2D eigenvalue weighted by atomic mass is 10.1. The minimum absolute atomic E-state index is 0.0571. The molecule has 0 fully saturated rings. The van der Waals surface area contributed by atoms with Gasteiger partial charge in [-0.05, 0) is 30.3 Å². The lowest BCUT2D eigenvalue weighted by Crippen LogP contribution is -2.09. The van der Waals surface area contributed by atoms with E-state index < -0.39 is 12.1 Å². The van der Waals surface area contributed by atoms with Crippen LogP contribution in [0.15, 0.2) is 48.7 Å². The molecule has 0 aliphatic heterocycles. The molecule has 1 aromatic carbocycles. The van der Waals surface area contributed by atoms with Gasteiger partial charge in [0, 0.05) is 19.8 Å². The molecule has 2 N–H and O–H groups in total. The Hall–Kier alpha value is -4.27. The summed E-state index contributed by atoms with van der Waals surface area (Å²) in [7, 11) is 3.08. The molecule has 33 heavy (non-hydrogen) atoms. The first kappa shape index (κ1) is 21.9. The third kappa shape index (κ3) is 4.67. The minimum atomic E-state index is -0.677. The first-order chi connectivity index (χ1) is 16.0. The fourth-order valence-electron chi connectivity index (χ4n) is 3.27. The molecule has 0 atom stereocenters. The van der Waals surface area contributed by atoms with Gasteiger partial charge in [0.15, 0.2) is 0 Å². The largest absolute Gasteiger partial charge is 0.368 e. The predicted molar refractivity (Wildman–Crippen MR) is 116 cm³/mol. The zero-order valence-electron chi connectivity index (χ0n) is 17.8. The maximum atomic E-state index is 14.6. The number of benzene rings is 1. The highest BCUT2D eigenvalue weighted by molar-refractivity contribution is 5.68. The van der Waals surface area contributed by atoms with Crippen LogP contribution in [0.3, 0.4) is 0 Å². The van der Waals surface area contributed by atoms with Crippen LogP contribution in [0.4, 0.5) is 10.3 Å². The Morgan fingerprint density at radius 2 is 1.82 bits per heavy atom. The molecule has 10 nitrogen and oxygen atoms in total. The van der Waals surface area contributed by atoms with Gasteiger partial charge in [0.2, 0.25) is 12.2 Å². The second-order valence-electron chi connectivity index (χ2n) is 6.93. The molecule has 0 unspecified atom stereocenters. The molecule has 11 heteroatoms. The number of aromatic nitrogens is 6. The number of hydrogen-bond donors (Lipinski definition) is 1. The molecular formula is C22H19FN8O2. The molecule has 3 heterocycles. The number of nitrogens with zero attached hydrogens (tertiary/aromatic N) is 7. The quantitative estimate of drug-likeness (QED) is 0.425. The Bertz CT molecular complexity index is 1330. The monoisotopic (exact) mass is 446 g/mol. The molecule has 0 radical (unpaired) electrons. The first-order valence-electron chi connectivity index (χ1n) is 9.78. The highest BCUT2D eigenvalue weighted by atomic mass is 19.1. The topological polar surface area (TPSA) is 138 Å². The van der Waals surface area contributed by atoms with E-state index in [1.165, 1.54) is 26.4 Å². The van der Waals surface area contributed by atoms with Crippen molar-refractivity contribution in [3.8, 4) is 28.7 Å². The van der Waals surface area contributed by atoms with Crippen LogP contribution in [-0.4, -0.2) is 44.2 Å². The third-order valence-corrected chi connectivity index (χ3v) is 4.76. The van der Waals surface area contributed by atoms with Crippen molar-refractivity contribution in [2.75, 3.05) is 20.0 Å². The molecule has 4 aromatic rings. The zero-order valence-corrected chi connectivity index (χ0v) is 17.8. The second kappa shape index (κ2) is 9.47. The van der Waals surface area contributed by atoms with Crippen LogP contribution < -0.4 is 5.73 Å². The van der Waals surface area contributed by atoms with Crippen molar-refractivity contribution in [3.05, 3.63) is 71.4 Å². The molecule has 3 aromatic heterocycles. The van der Waals surface area contributed by atoms with Gasteiger partial charge in [0.1, 0.15) is 17.6 Å². The van der Waals surface area contributed by atoms with Gasteiger partial charge in [0.25, 0.3) is 0 Å². The lowest BCUT2D eigenvalue weighted by molar-refractivity contribution is -0.108. The number of pyridine rings is 1. The number of methoxy groups -OCH3 is 2. The number of anilines is 1. The maximum Gasteiger partial charge on any atom is 0.221 e. The van der Waals surface area contributed by atoms with Crippen LogP contribution in [-0.2, 0) is 16.0 Å². The number of hydrogen-bond acceptors (Lipinski definition) is 9. The summed E-state index contributed by atoms with van der Waals surface area (Å²) < 4.78 is 26.7. The normalized spacial score (nSPS) is 11.0. The minimum Gasteiger partial charge on any atom is -0.368 e. The van der Waals surface area contributed by atoms with Crippen LogP contribution in [0.5, 0.6) is 0 Å². The third-order valence-electron chi connectivity index (χ3n) is 4.76. The number of rotatable bonds is 7. The number of halogens is 1. The average Bonchev–Trinajstić information content (AvgIpc) is 3.28. The highest BCUT2D eigenvalue weighted by Gasteiger charge is 2.16. The van der Waals surface area contributed by atoms with Gasteiger partial charge >= 0.3 is 0 Å². The van der Waals surface area contributed by atoms with Crippen molar-refractivity contribution >= 4 is 5.95 Å². The van der Waals surface area contributed by atoms with Crippen LogP contribution in [0.25, 0.3) is 22.6 Å². The van der Waals surface area contributed by atoms with E-state index in [-0.39, 0.29) is 22.8 Å². The highest BCUT2D eigenvalue weighted by Crippen LogP contribution is 2.27. The number of nitrogen functional groups attached to an aromatic ring is 1. The van der Waals surface area contributed by atoms with E-state index >= 15 is 0 Å². The lowest BCUT2D eigenvalue weighted by Gasteiger charge is -2.13. The van der Waals surface area contributed by atoms with Crippen LogP contribution in [0.2, 0.25) is 0 Å². The zero-order chi connectivity index (χ0) is 23.4. The fraction of sp³-hybridized carbons (Fsp3) is 0.182. The molecule has 4 rings (SSSR count). The number of nitrogens with two attached hydrogens (primary N) is 1. The van der Waals surface area contributed by atoms with Crippen molar-refractivity contribution in [2.24, 2.45) is 0 Å². The van der Waals surface area contributed by atoms with Crippen molar-refractivity contribution in [3.63, 3.8) is 0 Å². The summed E-state index contributed by atoms with van der Waals surface area (Å²) in [5.41, 5.74) is 8.29. The maximum absolute atomic E-state index is 14.6. The van der Waals surface area contributed by atoms with E-state index in [2.05, 4.69) is 25.3 Å². The summed E-state index contributed by atoms with van der Waals surface area (Å²) in [6.07, 6.45) is 1.10. The average molecular weight is 446 g/mol. The van der Waals surface area contributed by atoms with Gasteiger partial charge in [-0.15, -0.1) is 5.10 Å². The van der Waals surface area contributed by atoms with Gasteiger partial charge in [0.05, 0.1) is 41.1 Å². The van der Waals surface area contributed by atoms with Crippen LogP contribution in [0, 0.1) is 17.1 Å². The SMILES string of the molecule is COC(OC)c1cccc(Cn2cc(-c3cc(-c4cccc(C#N)c4F)nc(N)n3)nn2)n1. The standard InChI is InChI=1S/C22H19FN8O2/c1-32-21(33-2)16-8-4-6-14(26-16)11-31-12-19(29-30-31)18-9-17(27-22(25)28-18)15-7-3-5-13(10-24)20(15)23/h3-9,12,21H,11H2,1-2H3,(H2,25,27,28). The van der Waals surface area contributed by atoms with Crippen LogP contribution >= 0.6 is 0 Å². The Balaban J connectivity index is 1.62. The van der Waals surface area contributed by atoms with E-state index in [0.29, 0.717) is 23.6 Å². The molecule has 0 amide bonds. The Morgan fingerprint density at radius 1 is 1.06 bits per heavy atom. The van der Waals surface area contributed by atoms with Crippen molar-refractivity contribution in [2.45, 2.75) is 12.8 Å². The summed E-state index contributed by atoms with van der Waals surface area (Å²) in [4.78, 5) is 12.8. The molecule has 0 aliphatic rings. The summed E-state index contributed by atoms with van der Waals surface area (Å²) in [5.74, 6) is -0.734. The summed E-state index contributed by atoms with van der Waals surface area (Å²) in [6, 6.07) is 13.3. The first-order valence-corrected chi connectivity index (χ1v) is 9.78. The van der Waals surface area contributed by atoms with E-state index in [0.717, 1.165) is 5.69 Å². The van der Waals surface area contributed by atoms with Gasteiger partial charge in [-0.3, -0.25) is 4.98 Å². The molecule has 0 aliphatic carbocycles. The van der Waals surface area contributed by atoms with Crippen molar-refractivity contribution < 1.29 is 13.9 Å². The fourth-order valence-corrected chi connectivity index (χ4v) is 3.27. The Labute approximate surface area is 188 Å². The van der Waals surface area contributed by atoms with Gasteiger partial charge in [-0.1, -0.05) is 17.3 Å². The van der Waals surface area contributed by atoms with Crippen LogP contribution in [0.1, 0.15) is 23.2 Å². The molecule has 0 saturated heterocycles. The van der Waals surface area contributed by atoms with Crippen molar-refractivity contribution in [1.29, 1.82) is 5.26 Å². The molecule has 0 spiro atoms. The summed E-state index contributed by atoms with van der Waals surface area (Å²) in [5, 5.41) is 17.4. The van der Waals surface area contributed by atoms with Crippen molar-refractivity contribution in [1.82, 2.24) is 29.9 Å². The predicted octanol–water partition coefficient (Wildman–Crippen LogP) is 2.73. The van der Waals surface area contributed by atoms with E-state index in [9.17, 15) is 4.39 Å². The summed E-state index contributed by atoms with van der Waals surface area (Å²) >= 11 is 0. The van der Waals surface area contributed by atoms with E-state index in [1.54, 1.807) is 29.1 Å². The molecule has 166 valence electrons. The second-order valence-corrected chi connectivity index (χ2v) is 6.93. The Morgan fingerprint density at radius 3 is 2.58 bits per heavy atom. The molecular weight excluding hydrogens is 427 g/mol. The number of nitriles is 1. The Kier molecular flexibility index (Phi) is 6.30. The summed E-state index contributed by atoms with van der Waals surface area (Å²) in [6.45, 7) is 0.341. The molecule has 0 saturated carbocycles. The van der Waals surface area contributed by atoms with E-state index in [4.69, 9.17) is 20.5 Å². The smallest absolute Gasteiger partial charge is 0.221 e. The number of ether oxygens (including phenoxy) is 2.